The molecule has 8 aromatic rings. The van der Waals surface area contributed by atoms with Crippen LogP contribution in [0.5, 0.6) is 0 Å². The van der Waals surface area contributed by atoms with Gasteiger partial charge < -0.3 is 9.13 Å². The van der Waals surface area contributed by atoms with Crippen molar-refractivity contribution in [3.8, 4) is 28.6 Å². The number of hydrogen-bond acceptors (Lipinski definition) is 1. The molecule has 40 heavy (non-hydrogen) atoms. The van der Waals surface area contributed by atoms with Gasteiger partial charge in [0.25, 0.3) is 0 Å². The third kappa shape index (κ3) is 3.24. The van der Waals surface area contributed by atoms with Gasteiger partial charge in [-0.05, 0) is 66.2 Å². The molecule has 0 amide bonds. The Morgan fingerprint density at radius 3 is 1.62 bits per heavy atom. The van der Waals surface area contributed by atoms with E-state index in [-0.39, 0.29) is 0 Å². The van der Waals surface area contributed by atoms with Gasteiger partial charge in [-0.25, -0.2) is 0 Å². The van der Waals surface area contributed by atoms with E-state index < -0.39 is 0 Å². The summed E-state index contributed by atoms with van der Waals surface area (Å²) in [6.45, 7) is 0. The first-order chi connectivity index (χ1) is 19.8. The zero-order chi connectivity index (χ0) is 26.6. The van der Waals surface area contributed by atoms with Gasteiger partial charge in [-0.1, -0.05) is 78.9 Å². The molecule has 0 saturated carbocycles. The Labute approximate surface area is 231 Å². The van der Waals surface area contributed by atoms with Crippen LogP contribution in [0.15, 0.2) is 140 Å². The average Bonchev–Trinajstić information content (AvgIpc) is 3.54. The highest BCUT2D eigenvalue weighted by atomic mass is 15.0. The van der Waals surface area contributed by atoms with Crippen molar-refractivity contribution in [2.45, 2.75) is 0 Å². The van der Waals surface area contributed by atoms with E-state index in [4.69, 9.17) is 0 Å². The molecule has 186 valence electrons. The summed E-state index contributed by atoms with van der Waals surface area (Å²) in [7, 11) is 0. The Hall–Kier alpha value is -5.59. The zero-order valence-corrected chi connectivity index (χ0v) is 21.6. The van der Waals surface area contributed by atoms with E-state index in [0.717, 1.165) is 22.4 Å². The molecule has 0 unspecified atom stereocenters. The lowest BCUT2D eigenvalue weighted by Gasteiger charge is -2.14. The number of benzene rings is 6. The number of fused-ring (bicyclic) bond motifs is 6. The van der Waals surface area contributed by atoms with E-state index in [0.29, 0.717) is 5.56 Å². The van der Waals surface area contributed by atoms with Gasteiger partial charge >= 0.3 is 0 Å². The number of para-hydroxylation sites is 4. The van der Waals surface area contributed by atoms with Crippen LogP contribution in [-0.2, 0) is 0 Å². The Morgan fingerprint density at radius 2 is 0.975 bits per heavy atom. The van der Waals surface area contributed by atoms with E-state index in [1.165, 1.54) is 43.7 Å². The molecule has 3 nitrogen and oxygen atoms in total. The van der Waals surface area contributed by atoms with Crippen LogP contribution in [0.1, 0.15) is 5.56 Å². The summed E-state index contributed by atoms with van der Waals surface area (Å²) in [6.07, 6.45) is 0. The minimum atomic E-state index is 0.661. The van der Waals surface area contributed by atoms with E-state index >= 15 is 0 Å². The first-order valence-electron chi connectivity index (χ1n) is 13.4. The molecule has 0 radical (unpaired) electrons. The second-order valence-electron chi connectivity index (χ2n) is 10.1. The van der Waals surface area contributed by atoms with Gasteiger partial charge in [0, 0.05) is 32.8 Å². The van der Waals surface area contributed by atoms with E-state index in [1.807, 2.05) is 24.3 Å². The SMILES string of the molecule is N#Cc1ccc(-n2c3ccccc3c3cc(-c4ccccc4-n4c5ccccc5c5ccccc54)ccc32)cc1. The number of aromatic nitrogens is 2. The third-order valence-corrected chi connectivity index (χ3v) is 7.96. The molecule has 0 spiro atoms. The van der Waals surface area contributed by atoms with Crippen molar-refractivity contribution in [2.75, 3.05) is 0 Å². The van der Waals surface area contributed by atoms with Crippen LogP contribution < -0.4 is 0 Å². The first kappa shape index (κ1) is 22.4. The first-order valence-corrected chi connectivity index (χ1v) is 13.4. The van der Waals surface area contributed by atoms with Crippen LogP contribution in [0.3, 0.4) is 0 Å². The maximum atomic E-state index is 9.29. The molecule has 6 aromatic carbocycles. The highest BCUT2D eigenvalue weighted by molar-refractivity contribution is 6.12. The van der Waals surface area contributed by atoms with E-state index in [1.54, 1.807) is 0 Å². The van der Waals surface area contributed by atoms with E-state index in [2.05, 4.69) is 130 Å². The smallest absolute Gasteiger partial charge is 0.0991 e. The number of rotatable bonds is 3. The van der Waals surface area contributed by atoms with Gasteiger partial charge in [-0.15, -0.1) is 0 Å². The lowest BCUT2D eigenvalue weighted by atomic mass is 10.0. The lowest BCUT2D eigenvalue weighted by molar-refractivity contribution is 1.18. The van der Waals surface area contributed by atoms with Crippen LogP contribution in [0.4, 0.5) is 0 Å². The summed E-state index contributed by atoms with van der Waals surface area (Å²) in [6, 6.07) is 51.3. The van der Waals surface area contributed by atoms with Gasteiger partial charge in [0.1, 0.15) is 0 Å². The van der Waals surface area contributed by atoms with Crippen molar-refractivity contribution in [3.63, 3.8) is 0 Å². The van der Waals surface area contributed by atoms with Crippen LogP contribution >= 0.6 is 0 Å². The molecule has 0 aliphatic heterocycles. The minimum Gasteiger partial charge on any atom is -0.309 e. The van der Waals surface area contributed by atoms with Gasteiger partial charge in [-0.2, -0.15) is 5.26 Å². The summed E-state index contributed by atoms with van der Waals surface area (Å²) in [5, 5.41) is 14.2. The van der Waals surface area contributed by atoms with Crippen molar-refractivity contribution in [2.24, 2.45) is 0 Å². The molecular weight excluding hydrogens is 486 g/mol. The van der Waals surface area contributed by atoms with Crippen molar-refractivity contribution >= 4 is 43.6 Å². The molecule has 0 aliphatic rings. The summed E-state index contributed by atoms with van der Waals surface area (Å²) >= 11 is 0. The maximum absolute atomic E-state index is 9.29. The molecule has 2 aromatic heterocycles. The lowest BCUT2D eigenvalue weighted by Crippen LogP contribution is -1.97. The Kier molecular flexibility index (Phi) is 4.89. The predicted molar refractivity (Wildman–Crippen MR) is 165 cm³/mol. The molecule has 3 heteroatoms. The Morgan fingerprint density at radius 1 is 0.450 bits per heavy atom. The Balaban J connectivity index is 1.39. The monoisotopic (exact) mass is 509 g/mol. The van der Waals surface area contributed by atoms with Crippen molar-refractivity contribution in [1.29, 1.82) is 5.26 Å². The van der Waals surface area contributed by atoms with Crippen LogP contribution in [0.25, 0.3) is 66.1 Å². The molecule has 0 saturated heterocycles. The molecule has 0 N–H and O–H groups in total. The summed E-state index contributed by atoms with van der Waals surface area (Å²) < 4.78 is 4.68. The van der Waals surface area contributed by atoms with Crippen molar-refractivity contribution in [1.82, 2.24) is 9.13 Å². The van der Waals surface area contributed by atoms with Crippen LogP contribution in [0, 0.1) is 11.3 Å². The van der Waals surface area contributed by atoms with Crippen molar-refractivity contribution < 1.29 is 0 Å². The number of hydrogen-bond donors (Lipinski definition) is 0. The fraction of sp³-hybridized carbons (Fsp3) is 0. The van der Waals surface area contributed by atoms with Gasteiger partial charge in [0.05, 0.1) is 39.4 Å². The standard InChI is InChI=1S/C37H23N3/c38-24-25-17-20-27(21-18-25)39-34-14-6-4-12-31(34)32-23-26(19-22-37(32)39)28-9-1-5-13-33(28)40-35-15-7-2-10-29(35)30-11-3-8-16-36(30)40/h1-23H. The van der Waals surface area contributed by atoms with Crippen LogP contribution in [-0.4, -0.2) is 9.13 Å². The quantitative estimate of drug-likeness (QED) is 0.233. The highest BCUT2D eigenvalue weighted by Gasteiger charge is 2.17. The number of nitrogens with zero attached hydrogens (tertiary/aromatic N) is 3. The summed E-state index contributed by atoms with van der Waals surface area (Å²) in [5.41, 5.74) is 9.93. The molecule has 8 rings (SSSR count). The zero-order valence-electron chi connectivity index (χ0n) is 21.6. The molecule has 0 atom stereocenters. The third-order valence-electron chi connectivity index (χ3n) is 7.96. The van der Waals surface area contributed by atoms with Crippen molar-refractivity contribution in [3.05, 3.63) is 145 Å². The molecule has 0 fully saturated rings. The minimum absolute atomic E-state index is 0.661. The maximum Gasteiger partial charge on any atom is 0.0991 e. The largest absolute Gasteiger partial charge is 0.309 e. The Bertz CT molecular complexity index is 2220. The average molecular weight is 510 g/mol. The van der Waals surface area contributed by atoms with Crippen LogP contribution in [0.2, 0.25) is 0 Å². The van der Waals surface area contributed by atoms with Gasteiger partial charge in [0.2, 0.25) is 0 Å². The van der Waals surface area contributed by atoms with E-state index in [9.17, 15) is 5.26 Å². The fourth-order valence-electron chi connectivity index (χ4n) is 6.20. The van der Waals surface area contributed by atoms with Gasteiger partial charge in [0.15, 0.2) is 0 Å². The highest BCUT2D eigenvalue weighted by Crippen LogP contribution is 2.39. The predicted octanol–water partition coefficient (Wildman–Crippen LogP) is 9.42. The van der Waals surface area contributed by atoms with Gasteiger partial charge in [-0.3, -0.25) is 0 Å². The topological polar surface area (TPSA) is 33.6 Å². The number of nitriles is 1. The fourth-order valence-corrected chi connectivity index (χ4v) is 6.20. The molecule has 0 bridgehead atoms. The summed E-state index contributed by atoms with van der Waals surface area (Å²) in [4.78, 5) is 0. The molecule has 2 heterocycles. The second kappa shape index (κ2) is 8.73. The normalized spacial score (nSPS) is 11.5. The molecule has 0 aliphatic carbocycles. The summed E-state index contributed by atoms with van der Waals surface area (Å²) in [5.74, 6) is 0. The second-order valence-corrected chi connectivity index (χ2v) is 10.1. The molecular formula is C37H23N3.